The van der Waals surface area contributed by atoms with Crippen molar-refractivity contribution in [3.63, 3.8) is 0 Å². The van der Waals surface area contributed by atoms with Crippen molar-refractivity contribution in [2.45, 2.75) is 20.8 Å². The lowest BCUT2D eigenvalue weighted by Gasteiger charge is -1.98. The minimum absolute atomic E-state index is 0.286. The van der Waals surface area contributed by atoms with E-state index in [0.717, 1.165) is 16.3 Å². The van der Waals surface area contributed by atoms with Gasteiger partial charge in [-0.05, 0) is 20.8 Å². The lowest BCUT2D eigenvalue weighted by Crippen LogP contribution is -2.03. The summed E-state index contributed by atoms with van der Waals surface area (Å²) in [6.07, 6.45) is 0. The van der Waals surface area contributed by atoms with Gasteiger partial charge in [-0.1, -0.05) is 29.8 Å². The van der Waals surface area contributed by atoms with Crippen LogP contribution in [0.5, 0.6) is 0 Å². The van der Waals surface area contributed by atoms with Crippen LogP contribution in [0, 0.1) is 13.8 Å². The Morgan fingerprint density at radius 3 is 2.56 bits per heavy atom. The zero-order valence-electron chi connectivity index (χ0n) is 10.7. The van der Waals surface area contributed by atoms with Crippen LogP contribution in [-0.2, 0) is 4.74 Å². The van der Waals surface area contributed by atoms with Crippen LogP contribution < -0.4 is 0 Å². The first kappa shape index (κ1) is 12.8. The summed E-state index contributed by atoms with van der Waals surface area (Å²) in [6, 6.07) is 8.11. The van der Waals surface area contributed by atoms with Crippen LogP contribution in [0.15, 0.2) is 24.3 Å². The van der Waals surface area contributed by atoms with Gasteiger partial charge in [0.1, 0.15) is 9.88 Å². The minimum Gasteiger partial charge on any atom is -0.462 e. The molecule has 2 aromatic rings. The van der Waals surface area contributed by atoms with Crippen molar-refractivity contribution in [1.29, 1.82) is 0 Å². The van der Waals surface area contributed by atoms with E-state index in [1.54, 1.807) is 6.92 Å². The van der Waals surface area contributed by atoms with E-state index < -0.39 is 0 Å². The minimum atomic E-state index is -0.286. The molecule has 1 aromatic carbocycles. The fourth-order valence-corrected chi connectivity index (χ4v) is 2.57. The molecule has 0 saturated heterocycles. The lowest BCUT2D eigenvalue weighted by atomic mass is 10.2. The van der Waals surface area contributed by atoms with Crippen molar-refractivity contribution in [3.8, 4) is 10.6 Å². The molecule has 2 rings (SSSR count). The highest BCUT2D eigenvalue weighted by atomic mass is 32.1. The van der Waals surface area contributed by atoms with Crippen molar-refractivity contribution < 1.29 is 9.53 Å². The van der Waals surface area contributed by atoms with E-state index in [2.05, 4.69) is 4.98 Å². The number of ether oxygens (including phenoxy) is 1. The van der Waals surface area contributed by atoms with Gasteiger partial charge in [-0.25, -0.2) is 9.78 Å². The van der Waals surface area contributed by atoms with Crippen molar-refractivity contribution >= 4 is 17.3 Å². The molecule has 0 spiro atoms. The molecule has 1 aromatic heterocycles. The molecule has 18 heavy (non-hydrogen) atoms. The van der Waals surface area contributed by atoms with Gasteiger partial charge in [-0.15, -0.1) is 11.3 Å². The van der Waals surface area contributed by atoms with E-state index in [9.17, 15) is 4.79 Å². The van der Waals surface area contributed by atoms with Crippen LogP contribution in [-0.4, -0.2) is 17.6 Å². The molecule has 4 heteroatoms. The first-order valence-corrected chi connectivity index (χ1v) is 6.65. The van der Waals surface area contributed by atoms with E-state index in [0.29, 0.717) is 11.5 Å². The second kappa shape index (κ2) is 5.31. The second-order valence-corrected chi connectivity index (χ2v) is 5.02. The van der Waals surface area contributed by atoms with Gasteiger partial charge >= 0.3 is 5.97 Å². The van der Waals surface area contributed by atoms with Gasteiger partial charge in [-0.2, -0.15) is 0 Å². The van der Waals surface area contributed by atoms with E-state index in [1.165, 1.54) is 16.9 Å². The summed E-state index contributed by atoms with van der Waals surface area (Å²) in [5.41, 5.74) is 2.97. The summed E-state index contributed by atoms with van der Waals surface area (Å²) in [7, 11) is 0. The number of carbonyl (C=O) groups excluding carboxylic acids is 1. The summed E-state index contributed by atoms with van der Waals surface area (Å²) in [4.78, 5) is 16.7. The average Bonchev–Trinajstić information content (AvgIpc) is 2.72. The molecule has 0 aliphatic carbocycles. The molecule has 94 valence electrons. The maximum Gasteiger partial charge on any atom is 0.350 e. The Morgan fingerprint density at radius 2 is 1.94 bits per heavy atom. The maximum absolute atomic E-state index is 11.7. The lowest BCUT2D eigenvalue weighted by molar-refractivity contribution is 0.0531. The third kappa shape index (κ3) is 2.59. The highest BCUT2D eigenvalue weighted by Gasteiger charge is 2.16. The van der Waals surface area contributed by atoms with E-state index >= 15 is 0 Å². The van der Waals surface area contributed by atoms with Gasteiger partial charge in [-0.3, -0.25) is 0 Å². The van der Waals surface area contributed by atoms with Crippen LogP contribution in [0.3, 0.4) is 0 Å². The molecule has 0 amide bonds. The van der Waals surface area contributed by atoms with Crippen molar-refractivity contribution in [2.75, 3.05) is 6.61 Å². The summed E-state index contributed by atoms with van der Waals surface area (Å²) >= 11 is 1.38. The predicted octanol–water partition coefficient (Wildman–Crippen LogP) is 3.60. The third-order valence-electron chi connectivity index (χ3n) is 2.56. The Bertz CT molecular complexity index is 558. The molecule has 0 aliphatic heterocycles. The third-order valence-corrected chi connectivity index (χ3v) is 3.74. The number of carbonyl (C=O) groups is 1. The summed E-state index contributed by atoms with van der Waals surface area (Å²) in [5.74, 6) is -0.286. The van der Waals surface area contributed by atoms with Gasteiger partial charge in [0.25, 0.3) is 0 Å². The van der Waals surface area contributed by atoms with Crippen molar-refractivity contribution in [2.24, 2.45) is 0 Å². The number of hydrogen-bond donors (Lipinski definition) is 0. The van der Waals surface area contributed by atoms with Gasteiger partial charge < -0.3 is 4.74 Å². The number of hydrogen-bond acceptors (Lipinski definition) is 4. The van der Waals surface area contributed by atoms with E-state index in [4.69, 9.17) is 4.74 Å². The van der Waals surface area contributed by atoms with Gasteiger partial charge in [0.05, 0.1) is 12.3 Å². The Morgan fingerprint density at radius 1 is 1.28 bits per heavy atom. The van der Waals surface area contributed by atoms with E-state index in [1.807, 2.05) is 38.1 Å². The number of aryl methyl sites for hydroxylation is 2. The molecular formula is C14H15NO2S. The first-order chi connectivity index (χ1) is 8.61. The highest BCUT2D eigenvalue weighted by molar-refractivity contribution is 7.17. The van der Waals surface area contributed by atoms with Crippen LogP contribution in [0.25, 0.3) is 10.6 Å². The van der Waals surface area contributed by atoms with Crippen molar-refractivity contribution in [1.82, 2.24) is 4.98 Å². The summed E-state index contributed by atoms with van der Waals surface area (Å²) in [6.45, 7) is 6.06. The van der Waals surface area contributed by atoms with Crippen molar-refractivity contribution in [3.05, 3.63) is 40.4 Å². The fraction of sp³-hybridized carbons (Fsp3) is 0.286. The molecule has 0 fully saturated rings. The molecule has 0 radical (unpaired) electrons. The number of rotatable bonds is 3. The topological polar surface area (TPSA) is 39.2 Å². The van der Waals surface area contributed by atoms with Gasteiger partial charge in [0, 0.05) is 5.56 Å². The fourth-order valence-electron chi connectivity index (χ4n) is 1.60. The van der Waals surface area contributed by atoms with Crippen LogP contribution in [0.1, 0.15) is 27.9 Å². The number of thiazole rings is 1. The molecule has 3 nitrogen and oxygen atoms in total. The SMILES string of the molecule is CCOC(=O)c1sc(-c2ccc(C)cc2)nc1C. The number of benzene rings is 1. The van der Waals surface area contributed by atoms with Crippen LogP contribution >= 0.6 is 11.3 Å². The molecule has 0 N–H and O–H groups in total. The van der Waals surface area contributed by atoms with Crippen LogP contribution in [0.4, 0.5) is 0 Å². The molecule has 0 saturated carbocycles. The molecular weight excluding hydrogens is 246 g/mol. The molecule has 0 aliphatic rings. The number of nitrogens with zero attached hydrogens (tertiary/aromatic N) is 1. The second-order valence-electron chi connectivity index (χ2n) is 4.02. The van der Waals surface area contributed by atoms with E-state index in [-0.39, 0.29) is 5.97 Å². The molecule has 0 bridgehead atoms. The number of aromatic nitrogens is 1. The standard InChI is InChI=1S/C14H15NO2S/c1-4-17-14(16)12-10(3)15-13(18-12)11-7-5-9(2)6-8-11/h5-8H,4H2,1-3H3. The Labute approximate surface area is 110 Å². The molecule has 0 unspecified atom stereocenters. The summed E-state index contributed by atoms with van der Waals surface area (Å²) < 4.78 is 5.01. The monoisotopic (exact) mass is 261 g/mol. The Balaban J connectivity index is 2.34. The van der Waals surface area contributed by atoms with Crippen LogP contribution in [0.2, 0.25) is 0 Å². The zero-order chi connectivity index (χ0) is 13.1. The highest BCUT2D eigenvalue weighted by Crippen LogP contribution is 2.28. The Hall–Kier alpha value is -1.68. The first-order valence-electron chi connectivity index (χ1n) is 5.83. The van der Waals surface area contributed by atoms with Gasteiger partial charge in [0.2, 0.25) is 0 Å². The quantitative estimate of drug-likeness (QED) is 0.792. The largest absolute Gasteiger partial charge is 0.462 e. The Kier molecular flexibility index (Phi) is 3.77. The zero-order valence-corrected chi connectivity index (χ0v) is 11.5. The average molecular weight is 261 g/mol. The smallest absolute Gasteiger partial charge is 0.350 e. The molecule has 1 heterocycles. The maximum atomic E-state index is 11.7. The van der Waals surface area contributed by atoms with Gasteiger partial charge in [0.15, 0.2) is 0 Å². The number of esters is 1. The summed E-state index contributed by atoms with van der Waals surface area (Å²) in [5, 5.41) is 0.857. The normalized spacial score (nSPS) is 10.4. The molecule has 0 atom stereocenters. The predicted molar refractivity (Wildman–Crippen MR) is 73.0 cm³/mol.